The number of fused-ring (bicyclic) bond motifs is 1. The molecule has 3 rings (SSSR count). The maximum atomic E-state index is 12.0. The van der Waals surface area contributed by atoms with Gasteiger partial charge < -0.3 is 9.67 Å². The van der Waals surface area contributed by atoms with E-state index in [0.29, 0.717) is 6.04 Å². The molecule has 0 saturated heterocycles. The van der Waals surface area contributed by atoms with Crippen LogP contribution >= 0.6 is 15.9 Å². The van der Waals surface area contributed by atoms with Crippen molar-refractivity contribution in [3.63, 3.8) is 0 Å². The lowest BCUT2D eigenvalue weighted by Crippen LogP contribution is -2.19. The van der Waals surface area contributed by atoms with Crippen molar-refractivity contribution in [2.45, 2.75) is 25.8 Å². The molecule has 1 saturated carbocycles. The van der Waals surface area contributed by atoms with Gasteiger partial charge in [-0.05, 0) is 37.5 Å². The standard InChI is InChI=1S/C13H12BrNO2/c1-7-10(14)5-4-9-11(16)6-12(17)15(13(7)9)8-2-3-8/h4-6,8,16H,2-3H2,1H3. The summed E-state index contributed by atoms with van der Waals surface area (Å²) in [6, 6.07) is 5.37. The normalized spacial score (nSPS) is 15.4. The number of aromatic nitrogens is 1. The van der Waals surface area contributed by atoms with E-state index in [9.17, 15) is 9.90 Å². The predicted molar refractivity (Wildman–Crippen MR) is 70.6 cm³/mol. The highest BCUT2D eigenvalue weighted by atomic mass is 79.9. The quantitative estimate of drug-likeness (QED) is 0.878. The topological polar surface area (TPSA) is 42.2 Å². The summed E-state index contributed by atoms with van der Waals surface area (Å²) in [7, 11) is 0. The van der Waals surface area contributed by atoms with Gasteiger partial charge in [-0.1, -0.05) is 15.9 Å². The molecule has 2 aromatic rings. The third kappa shape index (κ3) is 1.59. The molecule has 1 aromatic carbocycles. The van der Waals surface area contributed by atoms with E-state index in [1.54, 1.807) is 0 Å². The number of hydrogen-bond donors (Lipinski definition) is 1. The fraction of sp³-hybridized carbons (Fsp3) is 0.308. The van der Waals surface area contributed by atoms with E-state index in [4.69, 9.17) is 0 Å². The summed E-state index contributed by atoms with van der Waals surface area (Å²) in [5.74, 6) is 0.0671. The molecular formula is C13H12BrNO2. The molecule has 17 heavy (non-hydrogen) atoms. The molecule has 0 unspecified atom stereocenters. The second-order valence-electron chi connectivity index (χ2n) is 4.54. The molecule has 0 amide bonds. The molecule has 1 aliphatic carbocycles. The monoisotopic (exact) mass is 293 g/mol. The number of aromatic hydroxyl groups is 1. The summed E-state index contributed by atoms with van der Waals surface area (Å²) in [6.07, 6.45) is 2.09. The summed E-state index contributed by atoms with van der Waals surface area (Å²) in [5, 5.41) is 10.6. The molecule has 3 nitrogen and oxygen atoms in total. The van der Waals surface area contributed by atoms with Gasteiger partial charge in [-0.2, -0.15) is 0 Å². The van der Waals surface area contributed by atoms with Crippen molar-refractivity contribution in [2.24, 2.45) is 0 Å². The summed E-state index contributed by atoms with van der Waals surface area (Å²) < 4.78 is 2.78. The van der Waals surface area contributed by atoms with Crippen molar-refractivity contribution in [3.05, 3.63) is 38.6 Å². The van der Waals surface area contributed by atoms with Crippen molar-refractivity contribution >= 4 is 26.8 Å². The summed E-state index contributed by atoms with van der Waals surface area (Å²) in [5.41, 5.74) is 1.74. The highest BCUT2D eigenvalue weighted by Gasteiger charge is 2.27. The lowest BCUT2D eigenvalue weighted by atomic mass is 10.1. The van der Waals surface area contributed by atoms with Crippen molar-refractivity contribution in [2.75, 3.05) is 0 Å². The number of halogens is 1. The van der Waals surface area contributed by atoms with Gasteiger partial charge in [0.15, 0.2) is 0 Å². The first kappa shape index (κ1) is 10.8. The molecule has 0 atom stereocenters. The zero-order valence-electron chi connectivity index (χ0n) is 9.40. The highest BCUT2D eigenvalue weighted by Crippen LogP contribution is 2.39. The average molecular weight is 294 g/mol. The number of rotatable bonds is 1. The van der Waals surface area contributed by atoms with Crippen LogP contribution in [0, 0.1) is 6.92 Å². The second kappa shape index (κ2) is 3.60. The molecule has 1 fully saturated rings. The van der Waals surface area contributed by atoms with Gasteiger partial charge in [0.05, 0.1) is 5.52 Å². The minimum absolute atomic E-state index is 0.0671. The van der Waals surface area contributed by atoms with Crippen LogP contribution in [-0.4, -0.2) is 9.67 Å². The fourth-order valence-corrected chi connectivity index (χ4v) is 2.58. The van der Waals surface area contributed by atoms with Crippen LogP contribution < -0.4 is 5.56 Å². The minimum Gasteiger partial charge on any atom is -0.507 e. The largest absolute Gasteiger partial charge is 0.507 e. The van der Waals surface area contributed by atoms with Gasteiger partial charge >= 0.3 is 0 Å². The Kier molecular flexibility index (Phi) is 2.30. The molecule has 1 N–H and O–H groups in total. The third-order valence-electron chi connectivity index (χ3n) is 3.29. The van der Waals surface area contributed by atoms with Gasteiger partial charge in [-0.3, -0.25) is 4.79 Å². The van der Waals surface area contributed by atoms with Gasteiger partial charge in [0, 0.05) is 22.0 Å². The van der Waals surface area contributed by atoms with E-state index in [2.05, 4.69) is 15.9 Å². The van der Waals surface area contributed by atoms with Gasteiger partial charge in [-0.25, -0.2) is 0 Å². The van der Waals surface area contributed by atoms with E-state index in [1.165, 1.54) is 6.07 Å². The summed E-state index contributed by atoms with van der Waals surface area (Å²) in [4.78, 5) is 12.0. The van der Waals surface area contributed by atoms with Crippen molar-refractivity contribution in [3.8, 4) is 5.75 Å². The van der Waals surface area contributed by atoms with Crippen LogP contribution in [0.15, 0.2) is 27.5 Å². The van der Waals surface area contributed by atoms with E-state index >= 15 is 0 Å². The van der Waals surface area contributed by atoms with Gasteiger partial charge in [0.1, 0.15) is 5.75 Å². The number of aryl methyl sites for hydroxylation is 1. The van der Waals surface area contributed by atoms with Gasteiger partial charge in [0.25, 0.3) is 5.56 Å². The van der Waals surface area contributed by atoms with Crippen LogP contribution in [0.3, 0.4) is 0 Å². The SMILES string of the molecule is Cc1c(Br)ccc2c(O)cc(=O)n(C3CC3)c12. The van der Waals surface area contributed by atoms with Crippen molar-refractivity contribution in [1.82, 2.24) is 4.57 Å². The molecule has 0 aliphatic heterocycles. The molecule has 0 radical (unpaired) electrons. The Balaban J connectivity index is 2.53. The van der Waals surface area contributed by atoms with Crippen LogP contribution in [0.4, 0.5) is 0 Å². The first-order chi connectivity index (χ1) is 8.09. The van der Waals surface area contributed by atoms with Crippen LogP contribution in [0.2, 0.25) is 0 Å². The van der Waals surface area contributed by atoms with E-state index in [0.717, 1.165) is 33.8 Å². The lowest BCUT2D eigenvalue weighted by molar-refractivity contribution is 0.478. The third-order valence-corrected chi connectivity index (χ3v) is 4.15. The summed E-state index contributed by atoms with van der Waals surface area (Å²) in [6.45, 7) is 1.96. The number of pyridine rings is 1. The van der Waals surface area contributed by atoms with Crippen LogP contribution in [-0.2, 0) is 0 Å². The van der Waals surface area contributed by atoms with Crippen LogP contribution in [0.5, 0.6) is 5.75 Å². The van der Waals surface area contributed by atoms with Crippen LogP contribution in [0.25, 0.3) is 10.9 Å². The maximum Gasteiger partial charge on any atom is 0.255 e. The Labute approximate surface area is 107 Å². The van der Waals surface area contributed by atoms with Crippen molar-refractivity contribution in [1.29, 1.82) is 0 Å². The Morgan fingerprint density at radius 2 is 2.12 bits per heavy atom. The zero-order chi connectivity index (χ0) is 12.2. The Morgan fingerprint density at radius 1 is 1.41 bits per heavy atom. The van der Waals surface area contributed by atoms with E-state index in [-0.39, 0.29) is 11.3 Å². The Bertz CT molecular complexity index is 671. The molecule has 1 aromatic heterocycles. The number of benzene rings is 1. The number of nitrogens with zero attached hydrogens (tertiary/aromatic N) is 1. The number of hydrogen-bond acceptors (Lipinski definition) is 2. The molecule has 4 heteroatoms. The first-order valence-corrected chi connectivity index (χ1v) is 6.42. The molecule has 88 valence electrons. The fourth-order valence-electron chi connectivity index (χ4n) is 2.26. The van der Waals surface area contributed by atoms with E-state index < -0.39 is 0 Å². The van der Waals surface area contributed by atoms with E-state index in [1.807, 2.05) is 23.6 Å². The molecular weight excluding hydrogens is 282 g/mol. The molecule has 1 heterocycles. The minimum atomic E-state index is -0.112. The van der Waals surface area contributed by atoms with Crippen molar-refractivity contribution < 1.29 is 5.11 Å². The first-order valence-electron chi connectivity index (χ1n) is 5.63. The Morgan fingerprint density at radius 3 is 2.76 bits per heavy atom. The molecule has 0 bridgehead atoms. The molecule has 1 aliphatic rings. The zero-order valence-corrected chi connectivity index (χ0v) is 11.0. The predicted octanol–water partition coefficient (Wildman–Crippen LogP) is 3.11. The second-order valence-corrected chi connectivity index (χ2v) is 5.39. The van der Waals surface area contributed by atoms with Gasteiger partial charge in [0.2, 0.25) is 0 Å². The lowest BCUT2D eigenvalue weighted by Gasteiger charge is -2.13. The average Bonchev–Trinajstić information content (AvgIpc) is 3.08. The maximum absolute atomic E-state index is 12.0. The summed E-state index contributed by atoms with van der Waals surface area (Å²) >= 11 is 3.47. The molecule has 0 spiro atoms. The smallest absolute Gasteiger partial charge is 0.255 e. The van der Waals surface area contributed by atoms with Gasteiger partial charge in [-0.15, -0.1) is 0 Å². The Hall–Kier alpha value is -1.29. The highest BCUT2D eigenvalue weighted by molar-refractivity contribution is 9.10. The van der Waals surface area contributed by atoms with Crippen LogP contribution in [0.1, 0.15) is 24.4 Å².